The number of aromatic nitrogens is 2. The number of halogens is 1. The molecule has 4 N–H and O–H groups in total. The Morgan fingerprint density at radius 1 is 1.12 bits per heavy atom. The van der Waals surface area contributed by atoms with E-state index in [4.69, 9.17) is 17.3 Å². The predicted molar refractivity (Wildman–Crippen MR) is 67.5 cm³/mol. The molecule has 0 atom stereocenters. The summed E-state index contributed by atoms with van der Waals surface area (Å²) >= 11 is 6.20. The van der Waals surface area contributed by atoms with Crippen molar-refractivity contribution in [3.05, 3.63) is 41.7 Å². The van der Waals surface area contributed by atoms with E-state index in [1.165, 1.54) is 0 Å². The SMILES string of the molecule is Nc1c[nH]c(-c2c[nH]c3cccc(Cl)c23)c1. The normalized spacial score (nSPS) is 11.1. The first-order chi connectivity index (χ1) is 7.75. The molecule has 0 saturated heterocycles. The van der Waals surface area contributed by atoms with Gasteiger partial charge >= 0.3 is 0 Å². The van der Waals surface area contributed by atoms with Crippen molar-refractivity contribution in [2.45, 2.75) is 0 Å². The van der Waals surface area contributed by atoms with E-state index in [1.54, 1.807) is 6.20 Å². The number of fused-ring (bicyclic) bond motifs is 1. The van der Waals surface area contributed by atoms with Gasteiger partial charge in [0, 0.05) is 40.2 Å². The van der Waals surface area contributed by atoms with E-state index in [9.17, 15) is 0 Å². The first-order valence-electron chi connectivity index (χ1n) is 4.95. The molecule has 0 aliphatic carbocycles. The van der Waals surface area contributed by atoms with Gasteiger partial charge in [-0.3, -0.25) is 0 Å². The molecule has 0 spiro atoms. The summed E-state index contributed by atoms with van der Waals surface area (Å²) in [6.45, 7) is 0. The van der Waals surface area contributed by atoms with E-state index >= 15 is 0 Å². The largest absolute Gasteiger partial charge is 0.397 e. The van der Waals surface area contributed by atoms with Crippen molar-refractivity contribution in [1.29, 1.82) is 0 Å². The van der Waals surface area contributed by atoms with Crippen molar-refractivity contribution in [2.24, 2.45) is 0 Å². The van der Waals surface area contributed by atoms with Crippen molar-refractivity contribution in [3.8, 4) is 11.3 Å². The number of anilines is 1. The predicted octanol–water partition coefficient (Wildman–Crippen LogP) is 3.40. The van der Waals surface area contributed by atoms with E-state index in [2.05, 4.69) is 9.97 Å². The van der Waals surface area contributed by atoms with Crippen LogP contribution in [0.2, 0.25) is 5.02 Å². The Balaban J connectivity index is 2.32. The third kappa shape index (κ3) is 1.29. The van der Waals surface area contributed by atoms with Gasteiger partial charge in [0.15, 0.2) is 0 Å². The smallest absolute Gasteiger partial charge is 0.0506 e. The molecule has 16 heavy (non-hydrogen) atoms. The molecule has 80 valence electrons. The molecular formula is C12H10ClN3. The molecule has 2 heterocycles. The maximum Gasteiger partial charge on any atom is 0.0506 e. The molecule has 4 heteroatoms. The fourth-order valence-electron chi connectivity index (χ4n) is 1.92. The van der Waals surface area contributed by atoms with Crippen LogP contribution in [0.5, 0.6) is 0 Å². The van der Waals surface area contributed by atoms with Gasteiger partial charge in [-0.25, -0.2) is 0 Å². The molecular weight excluding hydrogens is 222 g/mol. The number of aromatic amines is 2. The number of H-pyrrole nitrogens is 2. The number of hydrogen-bond donors (Lipinski definition) is 3. The molecule has 0 aliphatic heterocycles. The Hall–Kier alpha value is -1.87. The number of hydrogen-bond acceptors (Lipinski definition) is 1. The summed E-state index contributed by atoms with van der Waals surface area (Å²) in [5.74, 6) is 0. The summed E-state index contributed by atoms with van der Waals surface area (Å²) in [6.07, 6.45) is 3.70. The lowest BCUT2D eigenvalue weighted by Crippen LogP contribution is -1.77. The van der Waals surface area contributed by atoms with Gasteiger partial charge in [-0.1, -0.05) is 17.7 Å². The maximum absolute atomic E-state index is 6.20. The van der Waals surface area contributed by atoms with Crippen LogP contribution in [0.1, 0.15) is 0 Å². The molecule has 3 aromatic rings. The van der Waals surface area contributed by atoms with Gasteiger partial charge in [0.05, 0.1) is 5.02 Å². The second-order valence-corrected chi connectivity index (χ2v) is 4.12. The molecule has 0 fully saturated rings. The monoisotopic (exact) mass is 231 g/mol. The highest BCUT2D eigenvalue weighted by atomic mass is 35.5. The summed E-state index contributed by atoms with van der Waals surface area (Å²) < 4.78 is 0. The van der Waals surface area contributed by atoms with Gasteiger partial charge in [-0.2, -0.15) is 0 Å². The number of rotatable bonds is 1. The van der Waals surface area contributed by atoms with Crippen molar-refractivity contribution in [1.82, 2.24) is 9.97 Å². The highest BCUT2D eigenvalue weighted by molar-refractivity contribution is 6.36. The Labute approximate surface area is 97.2 Å². The number of nitrogens with two attached hydrogens (primary N) is 1. The molecule has 0 amide bonds. The molecule has 0 unspecified atom stereocenters. The fraction of sp³-hybridized carbons (Fsp3) is 0. The van der Waals surface area contributed by atoms with Crippen LogP contribution < -0.4 is 5.73 Å². The third-order valence-electron chi connectivity index (χ3n) is 2.65. The maximum atomic E-state index is 6.20. The van der Waals surface area contributed by atoms with Gasteiger partial charge in [-0.15, -0.1) is 0 Å². The van der Waals surface area contributed by atoms with E-state index in [1.807, 2.05) is 30.5 Å². The van der Waals surface area contributed by atoms with Gasteiger partial charge < -0.3 is 15.7 Å². The van der Waals surface area contributed by atoms with Gasteiger partial charge in [0.2, 0.25) is 0 Å². The van der Waals surface area contributed by atoms with Gasteiger partial charge in [0.25, 0.3) is 0 Å². The van der Waals surface area contributed by atoms with E-state index in [-0.39, 0.29) is 0 Å². The van der Waals surface area contributed by atoms with Crippen molar-refractivity contribution >= 4 is 28.2 Å². The Morgan fingerprint density at radius 2 is 2.00 bits per heavy atom. The third-order valence-corrected chi connectivity index (χ3v) is 2.97. The molecule has 0 radical (unpaired) electrons. The standard InChI is InChI=1S/C12H10ClN3/c13-9-2-1-3-10-12(9)8(6-16-10)11-4-7(14)5-15-11/h1-6,15-16H,14H2. The minimum atomic E-state index is 0.719. The lowest BCUT2D eigenvalue weighted by molar-refractivity contribution is 1.40. The van der Waals surface area contributed by atoms with Crippen LogP contribution in [0.3, 0.4) is 0 Å². The van der Waals surface area contributed by atoms with Crippen molar-refractivity contribution in [3.63, 3.8) is 0 Å². The van der Waals surface area contributed by atoms with Crippen LogP contribution in [-0.2, 0) is 0 Å². The summed E-state index contributed by atoms with van der Waals surface area (Å²) in [4.78, 5) is 6.32. The van der Waals surface area contributed by atoms with Crippen LogP contribution >= 0.6 is 11.6 Å². The Kier molecular flexibility index (Phi) is 1.94. The lowest BCUT2D eigenvalue weighted by Gasteiger charge is -1.97. The topological polar surface area (TPSA) is 57.6 Å². The first-order valence-corrected chi connectivity index (χ1v) is 5.33. The van der Waals surface area contributed by atoms with Crippen molar-refractivity contribution < 1.29 is 0 Å². The van der Waals surface area contributed by atoms with E-state index < -0.39 is 0 Å². The molecule has 0 bridgehead atoms. The second kappa shape index (κ2) is 3.32. The average molecular weight is 232 g/mol. The highest BCUT2D eigenvalue weighted by Crippen LogP contribution is 2.33. The second-order valence-electron chi connectivity index (χ2n) is 3.71. The summed E-state index contributed by atoms with van der Waals surface area (Å²) in [5, 5.41) is 1.76. The number of nitrogen functional groups attached to an aromatic ring is 1. The van der Waals surface area contributed by atoms with Gasteiger partial charge in [-0.05, 0) is 18.2 Å². The molecule has 3 nitrogen and oxygen atoms in total. The average Bonchev–Trinajstić information content (AvgIpc) is 2.84. The molecule has 2 aromatic heterocycles. The van der Waals surface area contributed by atoms with Crippen LogP contribution in [0.15, 0.2) is 36.7 Å². The minimum Gasteiger partial charge on any atom is -0.397 e. The Morgan fingerprint density at radius 3 is 2.75 bits per heavy atom. The summed E-state index contributed by atoms with van der Waals surface area (Å²) in [5.41, 5.74) is 9.44. The van der Waals surface area contributed by atoms with Crippen LogP contribution in [0.4, 0.5) is 5.69 Å². The zero-order valence-corrected chi connectivity index (χ0v) is 9.18. The lowest BCUT2D eigenvalue weighted by atomic mass is 10.1. The fourth-order valence-corrected chi connectivity index (χ4v) is 2.20. The number of benzene rings is 1. The zero-order chi connectivity index (χ0) is 11.1. The van der Waals surface area contributed by atoms with Crippen molar-refractivity contribution in [2.75, 3.05) is 5.73 Å². The molecule has 0 aliphatic rings. The van der Waals surface area contributed by atoms with Gasteiger partial charge in [0.1, 0.15) is 0 Å². The Bertz CT molecular complexity index is 651. The first kappa shape index (κ1) is 9.36. The van der Waals surface area contributed by atoms with E-state index in [0.29, 0.717) is 0 Å². The summed E-state index contributed by atoms with van der Waals surface area (Å²) in [7, 11) is 0. The quantitative estimate of drug-likeness (QED) is 0.591. The molecule has 0 saturated carbocycles. The molecule has 1 aromatic carbocycles. The summed E-state index contributed by atoms with van der Waals surface area (Å²) in [6, 6.07) is 7.70. The highest BCUT2D eigenvalue weighted by Gasteiger charge is 2.10. The van der Waals surface area contributed by atoms with Crippen LogP contribution in [0, 0.1) is 0 Å². The van der Waals surface area contributed by atoms with E-state index in [0.717, 1.165) is 32.9 Å². The van der Waals surface area contributed by atoms with Crippen LogP contribution in [-0.4, -0.2) is 9.97 Å². The number of nitrogens with one attached hydrogen (secondary N) is 2. The van der Waals surface area contributed by atoms with Crippen LogP contribution in [0.25, 0.3) is 22.2 Å². The zero-order valence-electron chi connectivity index (χ0n) is 8.42. The minimum absolute atomic E-state index is 0.719. The molecule has 3 rings (SSSR count).